The van der Waals surface area contributed by atoms with Crippen LogP contribution < -0.4 is 15.7 Å². The van der Waals surface area contributed by atoms with E-state index >= 15 is 0 Å². The van der Waals surface area contributed by atoms with Crippen molar-refractivity contribution in [1.82, 2.24) is 20.1 Å². The van der Waals surface area contributed by atoms with Gasteiger partial charge in [0, 0.05) is 43.5 Å². The summed E-state index contributed by atoms with van der Waals surface area (Å²) in [6, 6.07) is 8.17. The van der Waals surface area contributed by atoms with Gasteiger partial charge in [0.05, 0.1) is 0 Å². The summed E-state index contributed by atoms with van der Waals surface area (Å²) in [5.41, 5.74) is 0.00618. The van der Waals surface area contributed by atoms with Crippen molar-refractivity contribution in [2.75, 3.05) is 13.2 Å². The van der Waals surface area contributed by atoms with Crippen molar-refractivity contribution < 1.29 is 13.9 Å². The Kier molecular flexibility index (Phi) is 5.36. The van der Waals surface area contributed by atoms with Gasteiger partial charge in [-0.15, -0.1) is 10.2 Å². The van der Waals surface area contributed by atoms with Gasteiger partial charge in [0.25, 0.3) is 5.91 Å². The maximum Gasteiger partial charge on any atom is 0.336 e. The number of nitrogens with zero attached hydrogens (tertiary/aromatic N) is 3. The van der Waals surface area contributed by atoms with Crippen LogP contribution in [0.25, 0.3) is 11.0 Å². The number of benzene rings is 1. The third kappa shape index (κ3) is 4.21. The van der Waals surface area contributed by atoms with Gasteiger partial charge in [-0.1, -0.05) is 6.42 Å². The molecule has 1 N–H and O–H groups in total. The van der Waals surface area contributed by atoms with Gasteiger partial charge in [-0.3, -0.25) is 4.79 Å². The number of carbonyl (C=O) groups is 1. The number of fused-ring (bicyclic) bond motifs is 2. The van der Waals surface area contributed by atoms with Crippen LogP contribution in [0.1, 0.15) is 30.9 Å². The maximum absolute atomic E-state index is 12.1. The topological polar surface area (TPSA) is 99.2 Å². The van der Waals surface area contributed by atoms with Crippen LogP contribution in [-0.2, 0) is 24.2 Å². The van der Waals surface area contributed by atoms with Crippen molar-refractivity contribution in [2.45, 2.75) is 38.6 Å². The van der Waals surface area contributed by atoms with E-state index in [0.29, 0.717) is 24.3 Å². The Morgan fingerprint density at radius 2 is 2.07 bits per heavy atom. The zero-order chi connectivity index (χ0) is 19.3. The fourth-order valence-corrected chi connectivity index (χ4v) is 3.37. The predicted octanol–water partition coefficient (Wildman–Crippen LogP) is 1.85. The minimum atomic E-state index is -0.422. The predicted molar refractivity (Wildman–Crippen MR) is 102 cm³/mol. The average molecular weight is 382 g/mol. The second kappa shape index (κ2) is 8.24. The summed E-state index contributed by atoms with van der Waals surface area (Å²) in [7, 11) is 0. The molecule has 0 saturated heterocycles. The molecule has 1 aromatic carbocycles. The number of ether oxygens (including phenoxy) is 1. The van der Waals surface area contributed by atoms with Gasteiger partial charge in [0.15, 0.2) is 6.61 Å². The number of hydrogen-bond donors (Lipinski definition) is 1. The Bertz CT molecular complexity index is 1040. The van der Waals surface area contributed by atoms with Crippen LogP contribution in [0.15, 0.2) is 39.5 Å². The zero-order valence-electron chi connectivity index (χ0n) is 15.5. The van der Waals surface area contributed by atoms with Crippen molar-refractivity contribution in [1.29, 1.82) is 0 Å². The van der Waals surface area contributed by atoms with Crippen molar-refractivity contribution in [3.63, 3.8) is 0 Å². The summed E-state index contributed by atoms with van der Waals surface area (Å²) in [4.78, 5) is 23.4. The zero-order valence-corrected chi connectivity index (χ0v) is 15.5. The molecule has 0 saturated carbocycles. The lowest BCUT2D eigenvalue weighted by atomic mass is 10.2. The fraction of sp³-hybridized carbons (Fsp3) is 0.400. The van der Waals surface area contributed by atoms with Crippen molar-refractivity contribution in [3.05, 3.63) is 52.4 Å². The SMILES string of the molecule is O=C(COc1ccc2ccc(=O)oc2c1)NCCc1nnc2n1CCCCC2. The molecule has 146 valence electrons. The lowest BCUT2D eigenvalue weighted by molar-refractivity contribution is -0.123. The highest BCUT2D eigenvalue weighted by molar-refractivity contribution is 5.79. The van der Waals surface area contributed by atoms with Crippen molar-refractivity contribution in [3.8, 4) is 5.75 Å². The van der Waals surface area contributed by atoms with Crippen LogP contribution in [0.4, 0.5) is 0 Å². The number of rotatable bonds is 6. The molecule has 0 bridgehead atoms. The number of aromatic nitrogens is 3. The van der Waals surface area contributed by atoms with Crippen LogP contribution >= 0.6 is 0 Å². The summed E-state index contributed by atoms with van der Waals surface area (Å²) in [6.45, 7) is 1.32. The molecule has 1 aliphatic rings. The van der Waals surface area contributed by atoms with E-state index in [1.807, 2.05) is 0 Å². The number of amides is 1. The van der Waals surface area contributed by atoms with E-state index in [2.05, 4.69) is 20.1 Å². The van der Waals surface area contributed by atoms with Gasteiger partial charge in [-0.25, -0.2) is 4.79 Å². The van der Waals surface area contributed by atoms with Crippen LogP contribution in [-0.4, -0.2) is 33.8 Å². The van der Waals surface area contributed by atoms with Gasteiger partial charge in [0.2, 0.25) is 0 Å². The molecule has 8 nitrogen and oxygen atoms in total. The summed E-state index contributed by atoms with van der Waals surface area (Å²) in [6.07, 6.45) is 5.13. The second-order valence-electron chi connectivity index (χ2n) is 6.84. The first-order valence-corrected chi connectivity index (χ1v) is 9.53. The first-order chi connectivity index (χ1) is 13.7. The highest BCUT2D eigenvalue weighted by Gasteiger charge is 2.14. The molecule has 28 heavy (non-hydrogen) atoms. The first kappa shape index (κ1) is 18.2. The Balaban J connectivity index is 1.27. The Morgan fingerprint density at radius 1 is 1.18 bits per heavy atom. The number of hydrogen-bond acceptors (Lipinski definition) is 6. The molecule has 0 aliphatic carbocycles. The minimum Gasteiger partial charge on any atom is -0.484 e. The van der Waals surface area contributed by atoms with E-state index < -0.39 is 5.63 Å². The highest BCUT2D eigenvalue weighted by Crippen LogP contribution is 2.19. The van der Waals surface area contributed by atoms with Crippen LogP contribution in [0, 0.1) is 0 Å². The molecular formula is C20H22N4O4. The van der Waals surface area contributed by atoms with E-state index in [1.165, 1.54) is 12.5 Å². The summed E-state index contributed by atoms with van der Waals surface area (Å²) in [5, 5.41) is 12.2. The van der Waals surface area contributed by atoms with E-state index in [9.17, 15) is 9.59 Å². The molecule has 4 rings (SSSR count). The van der Waals surface area contributed by atoms with E-state index in [4.69, 9.17) is 9.15 Å². The first-order valence-electron chi connectivity index (χ1n) is 9.53. The lowest BCUT2D eigenvalue weighted by Crippen LogP contribution is -2.31. The number of aryl methyl sites for hydroxylation is 1. The van der Waals surface area contributed by atoms with Gasteiger partial charge in [-0.05, 0) is 31.0 Å². The molecular weight excluding hydrogens is 360 g/mol. The Labute approximate surface area is 161 Å². The number of carbonyl (C=O) groups excluding carboxylic acids is 1. The van der Waals surface area contributed by atoms with Crippen LogP contribution in [0.5, 0.6) is 5.75 Å². The molecule has 0 unspecified atom stereocenters. The molecule has 1 amide bonds. The second-order valence-corrected chi connectivity index (χ2v) is 6.84. The Morgan fingerprint density at radius 3 is 3.00 bits per heavy atom. The third-order valence-electron chi connectivity index (χ3n) is 4.82. The molecule has 8 heteroatoms. The minimum absolute atomic E-state index is 0.111. The van der Waals surface area contributed by atoms with Crippen molar-refractivity contribution >= 4 is 16.9 Å². The summed E-state index contributed by atoms with van der Waals surface area (Å²) < 4.78 is 12.8. The molecule has 1 aliphatic heterocycles. The van der Waals surface area contributed by atoms with Gasteiger partial charge in [0.1, 0.15) is 23.0 Å². The lowest BCUT2D eigenvalue weighted by Gasteiger charge is -2.09. The normalized spacial score (nSPS) is 13.7. The summed E-state index contributed by atoms with van der Waals surface area (Å²) >= 11 is 0. The van der Waals surface area contributed by atoms with E-state index in [0.717, 1.165) is 42.8 Å². The fourth-order valence-electron chi connectivity index (χ4n) is 3.37. The van der Waals surface area contributed by atoms with Gasteiger partial charge >= 0.3 is 5.63 Å². The monoisotopic (exact) mass is 382 g/mol. The van der Waals surface area contributed by atoms with E-state index in [1.54, 1.807) is 24.3 Å². The maximum atomic E-state index is 12.1. The molecule has 3 heterocycles. The molecule has 0 atom stereocenters. The molecule has 2 aromatic heterocycles. The standard InChI is InChI=1S/C20H22N4O4/c25-19(13-27-15-7-5-14-6-8-20(26)28-16(14)12-15)21-10-9-18-23-22-17-4-2-1-3-11-24(17)18/h5-8,12H,1-4,9-11,13H2,(H,21,25). The highest BCUT2D eigenvalue weighted by atomic mass is 16.5. The smallest absolute Gasteiger partial charge is 0.336 e. The van der Waals surface area contributed by atoms with Gasteiger partial charge < -0.3 is 19.0 Å². The molecule has 0 radical (unpaired) electrons. The van der Waals surface area contributed by atoms with E-state index in [-0.39, 0.29) is 12.5 Å². The molecule has 0 spiro atoms. The molecule has 0 fully saturated rings. The van der Waals surface area contributed by atoms with Crippen molar-refractivity contribution in [2.24, 2.45) is 0 Å². The van der Waals surface area contributed by atoms with Crippen LogP contribution in [0.2, 0.25) is 0 Å². The van der Waals surface area contributed by atoms with Crippen LogP contribution in [0.3, 0.4) is 0 Å². The Hall–Kier alpha value is -3.16. The largest absolute Gasteiger partial charge is 0.484 e. The third-order valence-corrected chi connectivity index (χ3v) is 4.82. The summed E-state index contributed by atoms with van der Waals surface area (Å²) in [5.74, 6) is 2.22. The van der Waals surface area contributed by atoms with Gasteiger partial charge in [-0.2, -0.15) is 0 Å². The number of nitrogens with one attached hydrogen (secondary N) is 1. The quantitative estimate of drug-likeness (QED) is 0.653. The molecule has 3 aromatic rings. The average Bonchev–Trinajstić information content (AvgIpc) is 2.92.